The van der Waals surface area contributed by atoms with Crippen LogP contribution in [0, 0.1) is 20.2 Å². The van der Waals surface area contributed by atoms with E-state index in [2.05, 4.69) is 0 Å². The van der Waals surface area contributed by atoms with E-state index in [9.17, 15) is 25.0 Å². The molecule has 1 saturated carbocycles. The van der Waals surface area contributed by atoms with Crippen molar-refractivity contribution in [2.75, 3.05) is 0 Å². The normalized spacial score (nSPS) is 28.1. The minimum atomic E-state index is -1.99. The Kier molecular flexibility index (Phi) is 4.75. The second kappa shape index (κ2) is 5.88. The van der Waals surface area contributed by atoms with Crippen LogP contribution >= 0.6 is 0 Å². The van der Waals surface area contributed by atoms with Gasteiger partial charge in [-0.15, -0.1) is 0 Å². The average molecular weight is 258 g/mol. The lowest BCUT2D eigenvalue weighted by Crippen LogP contribution is -2.60. The average Bonchev–Trinajstić information content (AvgIpc) is 2.30. The zero-order valence-electron chi connectivity index (χ0n) is 10.5. The Morgan fingerprint density at radius 3 is 2.50 bits per heavy atom. The molecule has 7 heteroatoms. The summed E-state index contributed by atoms with van der Waals surface area (Å²) in [6, 6.07) is -1.37. The molecule has 0 N–H and O–H groups in total. The van der Waals surface area contributed by atoms with Crippen LogP contribution in [0.15, 0.2) is 0 Å². The van der Waals surface area contributed by atoms with Crippen molar-refractivity contribution in [2.24, 2.45) is 0 Å². The number of nitro groups is 2. The van der Waals surface area contributed by atoms with E-state index in [1.807, 2.05) is 6.92 Å². The molecule has 0 spiro atoms. The highest BCUT2D eigenvalue weighted by Gasteiger charge is 2.64. The standard InChI is InChI=1S/C11H18N2O5/c1-2-3-4-8-11(13(17)18)9(12(15)16)6-5-7-10(11)14/h9H,2-8H2,1H3. The van der Waals surface area contributed by atoms with Gasteiger partial charge in [0.05, 0.1) is 0 Å². The van der Waals surface area contributed by atoms with E-state index in [1.54, 1.807) is 0 Å². The third-order valence-electron chi connectivity index (χ3n) is 3.66. The molecular formula is C11H18N2O5. The van der Waals surface area contributed by atoms with Crippen molar-refractivity contribution in [1.82, 2.24) is 0 Å². The Morgan fingerprint density at radius 2 is 2.00 bits per heavy atom. The van der Waals surface area contributed by atoms with Crippen LogP contribution in [0.5, 0.6) is 0 Å². The maximum atomic E-state index is 11.9. The van der Waals surface area contributed by atoms with Gasteiger partial charge in [-0.05, 0) is 12.8 Å². The van der Waals surface area contributed by atoms with Crippen LogP contribution in [0.1, 0.15) is 51.9 Å². The van der Waals surface area contributed by atoms with E-state index in [4.69, 9.17) is 0 Å². The van der Waals surface area contributed by atoms with Gasteiger partial charge < -0.3 is 0 Å². The maximum absolute atomic E-state index is 11.9. The zero-order valence-corrected chi connectivity index (χ0v) is 10.5. The van der Waals surface area contributed by atoms with Crippen molar-refractivity contribution in [1.29, 1.82) is 0 Å². The fourth-order valence-electron chi connectivity index (χ4n) is 2.64. The van der Waals surface area contributed by atoms with Gasteiger partial charge in [0.2, 0.25) is 5.78 Å². The lowest BCUT2D eigenvalue weighted by molar-refractivity contribution is -0.642. The van der Waals surface area contributed by atoms with E-state index >= 15 is 0 Å². The molecule has 2 unspecified atom stereocenters. The first-order chi connectivity index (χ1) is 8.46. The number of rotatable bonds is 6. The van der Waals surface area contributed by atoms with E-state index in [-0.39, 0.29) is 19.3 Å². The van der Waals surface area contributed by atoms with Crippen LogP contribution in [-0.4, -0.2) is 27.2 Å². The van der Waals surface area contributed by atoms with E-state index in [1.165, 1.54) is 0 Å². The number of unbranched alkanes of at least 4 members (excludes halogenated alkanes) is 2. The lowest BCUT2D eigenvalue weighted by Gasteiger charge is -2.29. The van der Waals surface area contributed by atoms with Crippen LogP contribution in [0.3, 0.4) is 0 Å². The lowest BCUT2D eigenvalue weighted by atomic mass is 9.74. The van der Waals surface area contributed by atoms with Gasteiger partial charge in [0.1, 0.15) is 0 Å². The number of hydrogen-bond donors (Lipinski definition) is 0. The summed E-state index contributed by atoms with van der Waals surface area (Å²) in [6.07, 6.45) is 2.63. The summed E-state index contributed by atoms with van der Waals surface area (Å²) in [6.45, 7) is 1.94. The molecule has 1 aliphatic rings. The summed E-state index contributed by atoms with van der Waals surface area (Å²) in [7, 11) is 0. The number of nitrogens with zero attached hydrogens (tertiary/aromatic N) is 2. The molecule has 102 valence electrons. The minimum absolute atomic E-state index is 0.0156. The highest BCUT2D eigenvalue weighted by molar-refractivity contribution is 5.88. The Bertz CT molecular complexity index is 357. The van der Waals surface area contributed by atoms with E-state index in [0.717, 1.165) is 12.8 Å². The Balaban J connectivity index is 3.04. The molecule has 0 saturated heterocycles. The summed E-state index contributed by atoms with van der Waals surface area (Å²) >= 11 is 0. The fraction of sp³-hybridized carbons (Fsp3) is 0.909. The summed E-state index contributed by atoms with van der Waals surface area (Å²) < 4.78 is 0. The van der Waals surface area contributed by atoms with Crippen LogP contribution in [0.25, 0.3) is 0 Å². The molecule has 0 amide bonds. The molecular weight excluding hydrogens is 240 g/mol. The smallest absolute Gasteiger partial charge is 0.291 e. The monoisotopic (exact) mass is 258 g/mol. The minimum Gasteiger partial charge on any atom is -0.291 e. The molecule has 1 rings (SSSR count). The number of carbonyl (C=O) groups is 1. The molecule has 0 bridgehead atoms. The summed E-state index contributed by atoms with van der Waals surface area (Å²) in [5.41, 5.74) is -1.99. The predicted molar refractivity (Wildman–Crippen MR) is 63.5 cm³/mol. The molecule has 0 heterocycles. The topological polar surface area (TPSA) is 103 Å². The van der Waals surface area contributed by atoms with Gasteiger partial charge in [-0.3, -0.25) is 25.0 Å². The predicted octanol–water partition coefficient (Wildman–Crippen LogP) is 1.98. The highest BCUT2D eigenvalue weighted by Crippen LogP contribution is 2.34. The van der Waals surface area contributed by atoms with Crippen LogP contribution in [-0.2, 0) is 4.79 Å². The van der Waals surface area contributed by atoms with Crippen molar-refractivity contribution in [2.45, 2.75) is 63.5 Å². The molecule has 2 atom stereocenters. The Labute approximate surface area is 105 Å². The number of Topliss-reactive ketones (excluding diaryl/α,β-unsaturated/α-hetero) is 1. The summed E-state index contributed by atoms with van der Waals surface area (Å²) in [4.78, 5) is 32.8. The van der Waals surface area contributed by atoms with Gasteiger partial charge in [-0.25, -0.2) is 0 Å². The first-order valence-corrected chi connectivity index (χ1v) is 6.28. The van der Waals surface area contributed by atoms with Crippen LogP contribution < -0.4 is 0 Å². The largest absolute Gasteiger partial charge is 0.344 e. The maximum Gasteiger partial charge on any atom is 0.344 e. The SMILES string of the molecule is CCCCCC1([N+](=O)[O-])C(=O)CCCC1[N+](=O)[O-]. The van der Waals surface area contributed by atoms with Gasteiger partial charge in [0.15, 0.2) is 0 Å². The second-order valence-electron chi connectivity index (χ2n) is 4.76. The van der Waals surface area contributed by atoms with E-state index < -0.39 is 27.2 Å². The molecule has 18 heavy (non-hydrogen) atoms. The molecule has 1 aliphatic carbocycles. The summed E-state index contributed by atoms with van der Waals surface area (Å²) in [5.74, 6) is -0.573. The fourth-order valence-corrected chi connectivity index (χ4v) is 2.64. The van der Waals surface area contributed by atoms with Crippen molar-refractivity contribution >= 4 is 5.78 Å². The molecule has 0 aromatic heterocycles. The van der Waals surface area contributed by atoms with Crippen molar-refractivity contribution in [3.05, 3.63) is 20.2 Å². The molecule has 0 aromatic rings. The van der Waals surface area contributed by atoms with Crippen LogP contribution in [0.2, 0.25) is 0 Å². The van der Waals surface area contributed by atoms with Crippen molar-refractivity contribution in [3.63, 3.8) is 0 Å². The van der Waals surface area contributed by atoms with Crippen molar-refractivity contribution < 1.29 is 14.6 Å². The summed E-state index contributed by atoms with van der Waals surface area (Å²) in [5, 5.41) is 22.3. The third kappa shape index (κ3) is 2.49. The van der Waals surface area contributed by atoms with Crippen molar-refractivity contribution in [3.8, 4) is 0 Å². The highest BCUT2D eigenvalue weighted by atomic mass is 16.6. The van der Waals surface area contributed by atoms with E-state index in [0.29, 0.717) is 12.8 Å². The number of ketones is 1. The second-order valence-corrected chi connectivity index (χ2v) is 4.76. The molecule has 0 aliphatic heterocycles. The first kappa shape index (κ1) is 14.5. The molecule has 7 nitrogen and oxygen atoms in total. The number of hydrogen-bond acceptors (Lipinski definition) is 5. The van der Waals surface area contributed by atoms with Gasteiger partial charge in [0.25, 0.3) is 6.04 Å². The zero-order chi connectivity index (χ0) is 13.8. The van der Waals surface area contributed by atoms with Crippen LogP contribution in [0.4, 0.5) is 0 Å². The quantitative estimate of drug-likeness (QED) is 0.411. The number of carbonyl (C=O) groups excluding carboxylic acids is 1. The van der Waals surface area contributed by atoms with Gasteiger partial charge in [-0.1, -0.05) is 19.8 Å². The Hall–Kier alpha value is -1.53. The first-order valence-electron chi connectivity index (χ1n) is 6.28. The molecule has 0 radical (unpaired) electrons. The Morgan fingerprint density at radius 1 is 1.33 bits per heavy atom. The van der Waals surface area contributed by atoms with Gasteiger partial charge in [0, 0.05) is 29.1 Å². The molecule has 1 fully saturated rings. The van der Waals surface area contributed by atoms with Gasteiger partial charge in [-0.2, -0.15) is 0 Å². The van der Waals surface area contributed by atoms with Gasteiger partial charge >= 0.3 is 5.54 Å². The molecule has 0 aromatic carbocycles. The third-order valence-corrected chi connectivity index (χ3v) is 3.66.